The van der Waals surface area contributed by atoms with Crippen LogP contribution in [-0.2, 0) is 20.4 Å². The van der Waals surface area contributed by atoms with Crippen LogP contribution in [0.1, 0.15) is 26.3 Å². The van der Waals surface area contributed by atoms with Gasteiger partial charge in [0.1, 0.15) is 0 Å². The second-order valence-electron chi connectivity index (χ2n) is 6.18. The number of benzene rings is 1. The predicted octanol–water partition coefficient (Wildman–Crippen LogP) is 3.18. The van der Waals surface area contributed by atoms with Crippen LogP contribution in [0.15, 0.2) is 24.3 Å². The molecule has 0 bridgehead atoms. The van der Waals surface area contributed by atoms with E-state index in [-0.39, 0.29) is 12.3 Å². The van der Waals surface area contributed by atoms with Gasteiger partial charge in [0.25, 0.3) is 0 Å². The Labute approximate surface area is 143 Å². The molecule has 1 unspecified atom stereocenters. The van der Waals surface area contributed by atoms with Crippen molar-refractivity contribution in [1.29, 1.82) is 0 Å². The standard InChI is InChI=1S/C16H21F3N2O4/c1-15(2,3)25-9-12(13(22)24-4)21-14(23)20-11-7-5-6-10(8-11)16(17,18)19/h5-8,12H,9H2,1-4H3,(H2,20,21,23). The summed E-state index contributed by atoms with van der Waals surface area (Å²) >= 11 is 0. The lowest BCUT2D eigenvalue weighted by atomic mass is 10.2. The van der Waals surface area contributed by atoms with Crippen LogP contribution in [0.2, 0.25) is 0 Å². The molecular formula is C16H21F3N2O4. The van der Waals surface area contributed by atoms with Gasteiger partial charge in [-0.2, -0.15) is 13.2 Å². The van der Waals surface area contributed by atoms with Gasteiger partial charge in [0, 0.05) is 5.69 Å². The van der Waals surface area contributed by atoms with Crippen molar-refractivity contribution in [3.63, 3.8) is 0 Å². The molecule has 0 saturated carbocycles. The average molecular weight is 362 g/mol. The van der Waals surface area contributed by atoms with E-state index >= 15 is 0 Å². The molecule has 0 saturated heterocycles. The van der Waals surface area contributed by atoms with Gasteiger partial charge in [0.15, 0.2) is 6.04 Å². The maximum Gasteiger partial charge on any atom is 0.416 e. The molecule has 1 atom stereocenters. The normalized spacial score (nSPS) is 13.1. The van der Waals surface area contributed by atoms with Crippen molar-refractivity contribution >= 4 is 17.7 Å². The molecule has 6 nitrogen and oxygen atoms in total. The van der Waals surface area contributed by atoms with Crippen molar-refractivity contribution < 1.29 is 32.2 Å². The SMILES string of the molecule is COC(=O)C(COC(C)(C)C)NC(=O)Nc1cccc(C(F)(F)F)c1. The van der Waals surface area contributed by atoms with Gasteiger partial charge in [-0.3, -0.25) is 0 Å². The van der Waals surface area contributed by atoms with Gasteiger partial charge in [-0.15, -0.1) is 0 Å². The van der Waals surface area contributed by atoms with Crippen molar-refractivity contribution in [3.05, 3.63) is 29.8 Å². The highest BCUT2D eigenvalue weighted by Crippen LogP contribution is 2.30. The summed E-state index contributed by atoms with van der Waals surface area (Å²) in [4.78, 5) is 23.7. The number of alkyl halides is 3. The van der Waals surface area contributed by atoms with Crippen LogP contribution in [0.5, 0.6) is 0 Å². The lowest BCUT2D eigenvalue weighted by molar-refractivity contribution is -0.146. The first-order chi connectivity index (χ1) is 11.4. The molecule has 0 aliphatic rings. The third-order valence-electron chi connectivity index (χ3n) is 2.92. The van der Waals surface area contributed by atoms with Crippen molar-refractivity contribution in [1.82, 2.24) is 5.32 Å². The van der Waals surface area contributed by atoms with Crippen molar-refractivity contribution in [2.24, 2.45) is 0 Å². The minimum atomic E-state index is -4.52. The van der Waals surface area contributed by atoms with Gasteiger partial charge in [-0.25, -0.2) is 9.59 Å². The van der Waals surface area contributed by atoms with Crippen LogP contribution >= 0.6 is 0 Å². The Morgan fingerprint density at radius 1 is 1.20 bits per heavy atom. The highest BCUT2D eigenvalue weighted by Gasteiger charge is 2.30. The quantitative estimate of drug-likeness (QED) is 0.789. The summed E-state index contributed by atoms with van der Waals surface area (Å²) in [5.74, 6) is -0.733. The van der Waals surface area contributed by atoms with Crippen LogP contribution in [0, 0.1) is 0 Å². The maximum atomic E-state index is 12.7. The number of ether oxygens (including phenoxy) is 2. The second kappa shape index (κ2) is 8.19. The van der Waals surface area contributed by atoms with Crippen LogP contribution < -0.4 is 10.6 Å². The lowest BCUT2D eigenvalue weighted by Crippen LogP contribution is -2.47. The van der Waals surface area contributed by atoms with Gasteiger partial charge >= 0.3 is 18.2 Å². The number of amides is 2. The second-order valence-corrected chi connectivity index (χ2v) is 6.18. The number of halogens is 3. The zero-order valence-corrected chi connectivity index (χ0v) is 14.4. The van der Waals surface area contributed by atoms with Crippen molar-refractivity contribution in [2.45, 2.75) is 38.6 Å². The Bertz CT molecular complexity index is 612. The first-order valence-corrected chi connectivity index (χ1v) is 7.39. The molecule has 1 aromatic carbocycles. The number of hydrogen-bond acceptors (Lipinski definition) is 4. The van der Waals surface area contributed by atoms with Gasteiger partial charge < -0.3 is 20.1 Å². The number of carbonyl (C=O) groups excluding carboxylic acids is 2. The molecule has 2 amide bonds. The Morgan fingerprint density at radius 3 is 2.36 bits per heavy atom. The fraction of sp³-hybridized carbons (Fsp3) is 0.500. The number of anilines is 1. The van der Waals surface area contributed by atoms with Gasteiger partial charge in [-0.05, 0) is 39.0 Å². The predicted molar refractivity (Wildman–Crippen MR) is 85.1 cm³/mol. The summed E-state index contributed by atoms with van der Waals surface area (Å²) < 4.78 is 48.0. The van der Waals surface area contributed by atoms with E-state index < -0.39 is 35.4 Å². The summed E-state index contributed by atoms with van der Waals surface area (Å²) in [5, 5.41) is 4.56. The summed E-state index contributed by atoms with van der Waals surface area (Å²) in [6, 6.07) is 2.19. The first kappa shape index (κ1) is 20.8. The zero-order chi connectivity index (χ0) is 19.3. The molecular weight excluding hydrogens is 341 g/mol. The van der Waals surface area contributed by atoms with E-state index in [1.807, 2.05) is 0 Å². The molecule has 0 radical (unpaired) electrons. The number of carbonyl (C=O) groups is 2. The van der Waals surface area contributed by atoms with Crippen LogP contribution in [-0.4, -0.2) is 37.4 Å². The first-order valence-electron chi connectivity index (χ1n) is 7.39. The zero-order valence-electron chi connectivity index (χ0n) is 14.4. The maximum absolute atomic E-state index is 12.7. The summed E-state index contributed by atoms with van der Waals surface area (Å²) in [6.45, 7) is 5.16. The van der Waals surface area contributed by atoms with Gasteiger partial charge in [0.05, 0.1) is 24.9 Å². The third-order valence-corrected chi connectivity index (χ3v) is 2.92. The van der Waals surface area contributed by atoms with E-state index in [1.165, 1.54) is 12.1 Å². The van der Waals surface area contributed by atoms with E-state index in [9.17, 15) is 22.8 Å². The van der Waals surface area contributed by atoms with Crippen molar-refractivity contribution in [2.75, 3.05) is 19.0 Å². The van der Waals surface area contributed by atoms with Gasteiger partial charge in [0.2, 0.25) is 0 Å². The molecule has 9 heteroatoms. The van der Waals surface area contributed by atoms with Crippen molar-refractivity contribution in [3.8, 4) is 0 Å². The molecule has 0 aliphatic carbocycles. The van der Waals surface area contributed by atoms with Crippen LogP contribution in [0.25, 0.3) is 0 Å². The minimum absolute atomic E-state index is 0.0623. The molecule has 0 aromatic heterocycles. The molecule has 140 valence electrons. The number of nitrogens with one attached hydrogen (secondary N) is 2. The van der Waals surface area contributed by atoms with Crippen LogP contribution in [0.4, 0.5) is 23.7 Å². The summed E-state index contributed by atoms with van der Waals surface area (Å²) in [7, 11) is 1.15. The highest BCUT2D eigenvalue weighted by atomic mass is 19.4. The Hall–Kier alpha value is -2.29. The van der Waals surface area contributed by atoms with E-state index in [2.05, 4.69) is 15.4 Å². The number of urea groups is 1. The molecule has 0 heterocycles. The average Bonchev–Trinajstić information content (AvgIpc) is 2.49. The lowest BCUT2D eigenvalue weighted by Gasteiger charge is -2.24. The van der Waals surface area contributed by atoms with Crippen LogP contribution in [0.3, 0.4) is 0 Å². The fourth-order valence-corrected chi connectivity index (χ4v) is 1.74. The summed E-state index contributed by atoms with van der Waals surface area (Å²) in [6.07, 6.45) is -4.52. The molecule has 25 heavy (non-hydrogen) atoms. The summed E-state index contributed by atoms with van der Waals surface area (Å²) in [5.41, 5.74) is -1.51. The largest absolute Gasteiger partial charge is 0.467 e. The topological polar surface area (TPSA) is 76.7 Å². The number of hydrogen-bond donors (Lipinski definition) is 2. The highest BCUT2D eigenvalue weighted by molar-refractivity contribution is 5.92. The van der Waals surface area contributed by atoms with E-state index in [0.717, 1.165) is 19.2 Å². The fourth-order valence-electron chi connectivity index (χ4n) is 1.74. The molecule has 1 rings (SSSR count). The number of methoxy groups -OCH3 is 1. The monoisotopic (exact) mass is 362 g/mol. The van der Waals surface area contributed by atoms with E-state index in [1.54, 1.807) is 20.8 Å². The molecule has 1 aromatic rings. The van der Waals surface area contributed by atoms with E-state index in [4.69, 9.17) is 4.74 Å². The molecule has 0 spiro atoms. The van der Waals surface area contributed by atoms with Gasteiger partial charge in [-0.1, -0.05) is 6.07 Å². The molecule has 0 aliphatic heterocycles. The minimum Gasteiger partial charge on any atom is -0.467 e. The Kier molecular flexibility index (Phi) is 6.80. The molecule has 2 N–H and O–H groups in total. The third kappa shape index (κ3) is 7.42. The Morgan fingerprint density at radius 2 is 1.84 bits per heavy atom. The van der Waals surface area contributed by atoms with E-state index in [0.29, 0.717) is 0 Å². The molecule has 0 fully saturated rings. The Balaban J connectivity index is 2.76. The number of esters is 1. The smallest absolute Gasteiger partial charge is 0.416 e. The number of rotatable bonds is 5.